The van der Waals surface area contributed by atoms with Crippen molar-refractivity contribution in [1.29, 1.82) is 0 Å². The number of alkyl halides is 3. The van der Waals surface area contributed by atoms with E-state index in [4.69, 9.17) is 4.74 Å². The molecule has 0 aliphatic rings. The number of nitrogens with zero attached hydrogens (tertiary/aromatic N) is 1. The minimum Gasteiger partial charge on any atom is -0.457 e. The molecule has 0 saturated heterocycles. The molecular weight excluding hydrogens is 369 g/mol. The van der Waals surface area contributed by atoms with Gasteiger partial charge in [0, 0.05) is 11.4 Å². The van der Waals surface area contributed by atoms with Gasteiger partial charge in [0.15, 0.2) is 0 Å². The number of pyridine rings is 1. The SMILES string of the molecule is Cc1ccc(C(=O)Nc2ccc(Oc3cccc(C(F)(F)F)c3)cc2)c(C)n1. The number of ether oxygens (including phenoxy) is 1. The highest BCUT2D eigenvalue weighted by molar-refractivity contribution is 6.05. The zero-order chi connectivity index (χ0) is 20.3. The van der Waals surface area contributed by atoms with Gasteiger partial charge in [-0.05, 0) is 68.4 Å². The second-order valence-corrected chi connectivity index (χ2v) is 6.19. The van der Waals surface area contributed by atoms with Crippen molar-refractivity contribution in [1.82, 2.24) is 4.98 Å². The smallest absolute Gasteiger partial charge is 0.416 e. The van der Waals surface area contributed by atoms with Crippen LogP contribution in [0.1, 0.15) is 27.3 Å². The molecule has 1 amide bonds. The molecule has 1 N–H and O–H groups in total. The maximum absolute atomic E-state index is 12.8. The maximum Gasteiger partial charge on any atom is 0.416 e. The molecule has 0 saturated carbocycles. The first kappa shape index (κ1) is 19.4. The van der Waals surface area contributed by atoms with Gasteiger partial charge in [0.1, 0.15) is 11.5 Å². The van der Waals surface area contributed by atoms with E-state index in [9.17, 15) is 18.0 Å². The minimum atomic E-state index is -4.43. The molecule has 0 spiro atoms. The Hall–Kier alpha value is -3.35. The predicted octanol–water partition coefficient (Wildman–Crippen LogP) is 5.76. The van der Waals surface area contributed by atoms with Gasteiger partial charge >= 0.3 is 6.18 Å². The quantitative estimate of drug-likeness (QED) is 0.620. The Kier molecular flexibility index (Phi) is 5.35. The Morgan fingerprint density at radius 3 is 2.32 bits per heavy atom. The number of amides is 1. The fourth-order valence-corrected chi connectivity index (χ4v) is 2.60. The number of carbonyl (C=O) groups is 1. The van der Waals surface area contributed by atoms with Gasteiger partial charge in [-0.1, -0.05) is 6.07 Å². The molecule has 0 radical (unpaired) electrons. The zero-order valence-corrected chi connectivity index (χ0v) is 15.2. The topological polar surface area (TPSA) is 51.2 Å². The second-order valence-electron chi connectivity index (χ2n) is 6.19. The molecule has 1 aromatic heterocycles. The Labute approximate surface area is 160 Å². The standard InChI is InChI=1S/C21H17F3N2O2/c1-13-6-11-19(14(2)25-13)20(27)26-16-7-9-17(10-8-16)28-18-5-3-4-15(12-18)21(22,23)24/h3-12H,1-2H3,(H,26,27). The number of aromatic nitrogens is 1. The van der Waals surface area contributed by atoms with Crippen LogP contribution in [0.4, 0.5) is 18.9 Å². The lowest BCUT2D eigenvalue weighted by atomic mass is 10.1. The first-order chi connectivity index (χ1) is 13.2. The van der Waals surface area contributed by atoms with E-state index in [-0.39, 0.29) is 11.7 Å². The summed E-state index contributed by atoms with van der Waals surface area (Å²) in [5, 5.41) is 2.76. The lowest BCUT2D eigenvalue weighted by molar-refractivity contribution is -0.137. The van der Waals surface area contributed by atoms with E-state index in [1.807, 2.05) is 6.92 Å². The van der Waals surface area contributed by atoms with Crippen LogP contribution in [0.25, 0.3) is 0 Å². The molecule has 144 valence electrons. The van der Waals surface area contributed by atoms with Crippen LogP contribution in [0.15, 0.2) is 60.7 Å². The van der Waals surface area contributed by atoms with Gasteiger partial charge < -0.3 is 10.1 Å². The molecule has 1 heterocycles. The van der Waals surface area contributed by atoms with Gasteiger partial charge in [0.05, 0.1) is 16.8 Å². The van der Waals surface area contributed by atoms with Crippen molar-refractivity contribution in [2.45, 2.75) is 20.0 Å². The number of hydrogen-bond acceptors (Lipinski definition) is 3. The minimum absolute atomic E-state index is 0.0768. The first-order valence-electron chi connectivity index (χ1n) is 8.43. The summed E-state index contributed by atoms with van der Waals surface area (Å²) in [6, 6.07) is 14.5. The summed E-state index contributed by atoms with van der Waals surface area (Å²) in [6.07, 6.45) is -4.43. The molecule has 0 aliphatic carbocycles. The molecule has 2 aromatic carbocycles. The molecular formula is C21H17F3N2O2. The molecule has 28 heavy (non-hydrogen) atoms. The first-order valence-corrected chi connectivity index (χ1v) is 8.43. The van der Waals surface area contributed by atoms with Gasteiger partial charge in [-0.25, -0.2) is 0 Å². The number of halogens is 3. The zero-order valence-electron chi connectivity index (χ0n) is 15.2. The predicted molar refractivity (Wildman–Crippen MR) is 99.6 cm³/mol. The normalized spacial score (nSPS) is 11.2. The summed E-state index contributed by atoms with van der Waals surface area (Å²) in [6.45, 7) is 3.60. The molecule has 3 aromatic rings. The molecule has 7 heteroatoms. The van der Waals surface area contributed by atoms with Gasteiger partial charge in [-0.15, -0.1) is 0 Å². The van der Waals surface area contributed by atoms with E-state index in [2.05, 4.69) is 10.3 Å². The summed E-state index contributed by atoms with van der Waals surface area (Å²) in [7, 11) is 0. The fourth-order valence-electron chi connectivity index (χ4n) is 2.60. The average Bonchev–Trinajstić information content (AvgIpc) is 2.63. The van der Waals surface area contributed by atoms with Crippen LogP contribution in [-0.2, 0) is 6.18 Å². The van der Waals surface area contributed by atoms with Crippen molar-refractivity contribution in [2.75, 3.05) is 5.32 Å². The van der Waals surface area contributed by atoms with Crippen molar-refractivity contribution in [3.05, 3.63) is 83.2 Å². The van der Waals surface area contributed by atoms with E-state index in [1.165, 1.54) is 12.1 Å². The number of anilines is 1. The lowest BCUT2D eigenvalue weighted by Crippen LogP contribution is -2.14. The van der Waals surface area contributed by atoms with Crippen LogP contribution in [0, 0.1) is 13.8 Å². The van der Waals surface area contributed by atoms with Crippen LogP contribution in [0.5, 0.6) is 11.5 Å². The van der Waals surface area contributed by atoms with Gasteiger partial charge in [-0.2, -0.15) is 13.2 Å². The molecule has 0 aliphatic heterocycles. The summed E-state index contributed by atoms with van der Waals surface area (Å²) in [5.74, 6) is 0.134. The van der Waals surface area contributed by atoms with Crippen LogP contribution < -0.4 is 10.1 Å². The highest BCUT2D eigenvalue weighted by Gasteiger charge is 2.30. The number of benzene rings is 2. The molecule has 0 fully saturated rings. The van der Waals surface area contributed by atoms with Gasteiger partial charge in [0.25, 0.3) is 5.91 Å². The van der Waals surface area contributed by atoms with Crippen molar-refractivity contribution in [3.8, 4) is 11.5 Å². The van der Waals surface area contributed by atoms with Crippen molar-refractivity contribution in [3.63, 3.8) is 0 Å². The van der Waals surface area contributed by atoms with Gasteiger partial charge in [-0.3, -0.25) is 9.78 Å². The lowest BCUT2D eigenvalue weighted by Gasteiger charge is -2.11. The molecule has 4 nitrogen and oxygen atoms in total. The summed E-state index contributed by atoms with van der Waals surface area (Å²) in [5.41, 5.74) is 1.67. The number of nitrogens with one attached hydrogen (secondary N) is 1. The van der Waals surface area contributed by atoms with E-state index in [1.54, 1.807) is 43.3 Å². The van der Waals surface area contributed by atoms with E-state index in [0.717, 1.165) is 17.8 Å². The summed E-state index contributed by atoms with van der Waals surface area (Å²) in [4.78, 5) is 16.6. The Morgan fingerprint density at radius 1 is 0.964 bits per heavy atom. The monoisotopic (exact) mass is 386 g/mol. The number of aryl methyl sites for hydroxylation is 2. The highest BCUT2D eigenvalue weighted by atomic mass is 19.4. The summed E-state index contributed by atoms with van der Waals surface area (Å²) >= 11 is 0. The molecule has 0 bridgehead atoms. The molecule has 0 atom stereocenters. The van der Waals surface area contributed by atoms with E-state index >= 15 is 0 Å². The van der Waals surface area contributed by atoms with Crippen molar-refractivity contribution < 1.29 is 22.7 Å². The van der Waals surface area contributed by atoms with Crippen LogP contribution in [0.3, 0.4) is 0 Å². The largest absolute Gasteiger partial charge is 0.457 e. The number of carbonyl (C=O) groups excluding carboxylic acids is 1. The van der Waals surface area contributed by atoms with Crippen molar-refractivity contribution >= 4 is 11.6 Å². The maximum atomic E-state index is 12.8. The van der Waals surface area contributed by atoms with Crippen LogP contribution in [-0.4, -0.2) is 10.9 Å². The Morgan fingerprint density at radius 2 is 1.68 bits per heavy atom. The second kappa shape index (κ2) is 7.72. The Balaban J connectivity index is 1.69. The molecule has 3 rings (SSSR count). The number of hydrogen-bond donors (Lipinski definition) is 1. The summed E-state index contributed by atoms with van der Waals surface area (Å²) < 4.78 is 43.8. The van der Waals surface area contributed by atoms with E-state index < -0.39 is 11.7 Å². The number of rotatable bonds is 4. The third-order valence-electron chi connectivity index (χ3n) is 3.98. The third-order valence-corrected chi connectivity index (χ3v) is 3.98. The molecule has 0 unspecified atom stereocenters. The van der Waals surface area contributed by atoms with Crippen LogP contribution in [0.2, 0.25) is 0 Å². The highest BCUT2D eigenvalue weighted by Crippen LogP contribution is 2.32. The van der Waals surface area contributed by atoms with Gasteiger partial charge in [0.2, 0.25) is 0 Å². The van der Waals surface area contributed by atoms with E-state index in [0.29, 0.717) is 22.7 Å². The fraction of sp³-hybridized carbons (Fsp3) is 0.143. The average molecular weight is 386 g/mol. The third kappa shape index (κ3) is 4.68. The Bertz CT molecular complexity index is 999. The van der Waals surface area contributed by atoms with Crippen LogP contribution >= 0.6 is 0 Å². The van der Waals surface area contributed by atoms with Crippen molar-refractivity contribution in [2.24, 2.45) is 0 Å².